The van der Waals surface area contributed by atoms with Crippen LogP contribution < -0.4 is 15.0 Å². The minimum absolute atomic E-state index is 0.100. The van der Waals surface area contributed by atoms with Gasteiger partial charge >= 0.3 is 0 Å². The van der Waals surface area contributed by atoms with E-state index in [-0.39, 0.29) is 22.6 Å². The number of nitro benzene ring substituents is 1. The summed E-state index contributed by atoms with van der Waals surface area (Å²) in [7, 11) is 1.53. The average molecular weight is 419 g/mol. The number of carbonyl (C=O) groups is 1. The molecule has 0 radical (unpaired) electrons. The number of anilines is 2. The van der Waals surface area contributed by atoms with E-state index >= 15 is 0 Å². The van der Waals surface area contributed by atoms with Crippen molar-refractivity contribution in [1.29, 1.82) is 0 Å². The van der Waals surface area contributed by atoms with Gasteiger partial charge in [0, 0.05) is 37.9 Å². The molecule has 2 aromatic carbocycles. The van der Waals surface area contributed by atoms with Crippen LogP contribution in [0, 0.1) is 10.1 Å². The van der Waals surface area contributed by atoms with Crippen LogP contribution in [0.25, 0.3) is 0 Å². The van der Waals surface area contributed by atoms with E-state index in [2.05, 4.69) is 10.2 Å². The first-order valence-corrected chi connectivity index (χ1v) is 9.65. The second-order valence-electron chi connectivity index (χ2n) is 6.78. The zero-order valence-electron chi connectivity index (χ0n) is 16.3. The quantitative estimate of drug-likeness (QED) is 0.571. The molecule has 1 unspecified atom stereocenters. The highest BCUT2D eigenvalue weighted by molar-refractivity contribution is 6.32. The number of ether oxygens (including phenoxy) is 1. The summed E-state index contributed by atoms with van der Waals surface area (Å²) in [5.41, 5.74) is 1.32. The molecule has 1 amide bonds. The zero-order chi connectivity index (χ0) is 21.0. The van der Waals surface area contributed by atoms with E-state index in [0.29, 0.717) is 48.3 Å². The van der Waals surface area contributed by atoms with Crippen LogP contribution in [0.2, 0.25) is 5.02 Å². The van der Waals surface area contributed by atoms with E-state index in [4.69, 9.17) is 16.3 Å². The van der Waals surface area contributed by atoms with Gasteiger partial charge in [-0.3, -0.25) is 19.8 Å². The Hall–Kier alpha value is -2.84. The van der Waals surface area contributed by atoms with E-state index in [1.54, 1.807) is 36.4 Å². The first kappa shape index (κ1) is 20.9. The Morgan fingerprint density at radius 3 is 2.52 bits per heavy atom. The third-order valence-corrected chi connectivity index (χ3v) is 5.38. The number of halogens is 1. The minimum Gasteiger partial charge on any atom is -0.495 e. The number of nitrogens with one attached hydrogen (secondary N) is 1. The summed E-state index contributed by atoms with van der Waals surface area (Å²) >= 11 is 6.11. The number of nitrogens with zero attached hydrogens (tertiary/aromatic N) is 3. The maximum Gasteiger partial charge on any atom is 0.292 e. The Labute approximate surface area is 174 Å². The van der Waals surface area contributed by atoms with Crippen molar-refractivity contribution in [3.63, 3.8) is 0 Å². The third kappa shape index (κ3) is 4.78. The molecule has 8 nitrogen and oxygen atoms in total. The van der Waals surface area contributed by atoms with Crippen LogP contribution in [0.3, 0.4) is 0 Å². The lowest BCUT2D eigenvalue weighted by Crippen LogP contribution is -2.52. The van der Waals surface area contributed by atoms with Crippen molar-refractivity contribution in [2.75, 3.05) is 43.5 Å². The molecule has 0 spiro atoms. The van der Waals surface area contributed by atoms with Crippen molar-refractivity contribution in [1.82, 2.24) is 4.90 Å². The summed E-state index contributed by atoms with van der Waals surface area (Å²) in [5, 5.41) is 14.6. The highest BCUT2D eigenvalue weighted by Crippen LogP contribution is 2.29. The fourth-order valence-corrected chi connectivity index (χ4v) is 3.65. The molecule has 2 aromatic rings. The largest absolute Gasteiger partial charge is 0.495 e. The summed E-state index contributed by atoms with van der Waals surface area (Å²) in [6, 6.07) is 11.5. The van der Waals surface area contributed by atoms with Gasteiger partial charge in [-0.1, -0.05) is 23.7 Å². The molecule has 29 heavy (non-hydrogen) atoms. The maximum absolute atomic E-state index is 12.6. The van der Waals surface area contributed by atoms with E-state index in [1.165, 1.54) is 13.2 Å². The van der Waals surface area contributed by atoms with Crippen molar-refractivity contribution in [2.45, 2.75) is 13.0 Å². The van der Waals surface area contributed by atoms with Gasteiger partial charge in [-0.05, 0) is 31.2 Å². The van der Waals surface area contributed by atoms with Crippen LogP contribution in [-0.2, 0) is 4.79 Å². The number of hydrogen-bond acceptors (Lipinski definition) is 6. The van der Waals surface area contributed by atoms with Gasteiger partial charge in [0.05, 0.1) is 23.1 Å². The molecule has 0 saturated carbocycles. The van der Waals surface area contributed by atoms with Crippen LogP contribution >= 0.6 is 11.6 Å². The van der Waals surface area contributed by atoms with Crippen LogP contribution in [0.4, 0.5) is 17.1 Å². The molecular weight excluding hydrogens is 396 g/mol. The number of methoxy groups -OCH3 is 1. The number of rotatable bonds is 6. The normalized spacial score (nSPS) is 15.6. The zero-order valence-corrected chi connectivity index (χ0v) is 17.1. The monoisotopic (exact) mass is 418 g/mol. The van der Waals surface area contributed by atoms with Crippen molar-refractivity contribution < 1.29 is 14.5 Å². The number of carbonyl (C=O) groups excluding carboxylic acids is 1. The van der Waals surface area contributed by atoms with Gasteiger partial charge in [0.15, 0.2) is 0 Å². The Kier molecular flexibility index (Phi) is 6.56. The first-order chi connectivity index (χ1) is 13.9. The topological polar surface area (TPSA) is 88.0 Å². The van der Waals surface area contributed by atoms with Crippen LogP contribution in [-0.4, -0.2) is 55.1 Å². The summed E-state index contributed by atoms with van der Waals surface area (Å²) < 4.78 is 5.12. The number of nitro groups is 1. The Balaban J connectivity index is 1.60. The molecule has 1 aliphatic rings. The molecule has 9 heteroatoms. The maximum atomic E-state index is 12.6. The summed E-state index contributed by atoms with van der Waals surface area (Å²) in [6.07, 6.45) is 0. The summed E-state index contributed by atoms with van der Waals surface area (Å²) in [6.45, 7) is 4.32. The van der Waals surface area contributed by atoms with Crippen LogP contribution in [0.5, 0.6) is 5.75 Å². The van der Waals surface area contributed by atoms with Gasteiger partial charge in [-0.25, -0.2) is 0 Å². The van der Waals surface area contributed by atoms with E-state index in [1.807, 2.05) is 11.8 Å². The van der Waals surface area contributed by atoms with Gasteiger partial charge in [0.25, 0.3) is 5.69 Å². The lowest BCUT2D eigenvalue weighted by atomic mass is 10.1. The molecular formula is C20H23ClN4O4. The summed E-state index contributed by atoms with van der Waals surface area (Å²) in [4.78, 5) is 27.6. The molecule has 0 aliphatic carbocycles. The highest BCUT2D eigenvalue weighted by atomic mass is 35.5. The molecule has 1 fully saturated rings. The fraction of sp³-hybridized carbons (Fsp3) is 0.350. The van der Waals surface area contributed by atoms with Gasteiger partial charge in [-0.2, -0.15) is 0 Å². The number of hydrogen-bond donors (Lipinski definition) is 1. The molecule has 0 bridgehead atoms. The average Bonchev–Trinajstić information content (AvgIpc) is 2.73. The highest BCUT2D eigenvalue weighted by Gasteiger charge is 2.28. The van der Waals surface area contributed by atoms with Gasteiger partial charge in [-0.15, -0.1) is 0 Å². The van der Waals surface area contributed by atoms with Gasteiger partial charge < -0.3 is 15.0 Å². The molecule has 1 saturated heterocycles. The Morgan fingerprint density at radius 2 is 1.90 bits per heavy atom. The van der Waals surface area contributed by atoms with Crippen molar-refractivity contribution in [3.05, 3.63) is 57.6 Å². The molecule has 1 heterocycles. The standard InChI is InChI=1S/C20H23ClN4O4/c1-14(20(26)22-15-7-8-19(29-2)16(21)13-15)23-9-11-24(12-10-23)17-5-3-4-6-18(17)25(27)28/h3-8,13-14H,9-12H2,1-2H3,(H,22,26). The van der Waals surface area contributed by atoms with Crippen molar-refractivity contribution in [2.24, 2.45) is 0 Å². The second-order valence-corrected chi connectivity index (χ2v) is 7.19. The number of para-hydroxylation sites is 2. The first-order valence-electron chi connectivity index (χ1n) is 9.27. The van der Waals surface area contributed by atoms with Crippen LogP contribution in [0.1, 0.15) is 6.92 Å². The third-order valence-electron chi connectivity index (χ3n) is 5.08. The number of piperazine rings is 1. The molecule has 1 aliphatic heterocycles. The molecule has 154 valence electrons. The Bertz CT molecular complexity index is 900. The van der Waals surface area contributed by atoms with Crippen LogP contribution in [0.15, 0.2) is 42.5 Å². The SMILES string of the molecule is COc1ccc(NC(=O)C(C)N2CCN(c3ccccc3[N+](=O)[O-])CC2)cc1Cl. The number of benzene rings is 2. The smallest absolute Gasteiger partial charge is 0.292 e. The van der Waals surface area contributed by atoms with Crippen molar-refractivity contribution in [3.8, 4) is 5.75 Å². The Morgan fingerprint density at radius 1 is 1.21 bits per heavy atom. The second kappa shape index (κ2) is 9.11. The summed E-state index contributed by atoms with van der Waals surface area (Å²) in [5.74, 6) is 0.411. The lowest BCUT2D eigenvalue weighted by Gasteiger charge is -2.38. The molecule has 1 atom stereocenters. The fourth-order valence-electron chi connectivity index (χ4n) is 3.39. The lowest BCUT2D eigenvalue weighted by molar-refractivity contribution is -0.384. The molecule has 0 aromatic heterocycles. The predicted molar refractivity (Wildman–Crippen MR) is 113 cm³/mol. The van der Waals surface area contributed by atoms with E-state index in [9.17, 15) is 14.9 Å². The van der Waals surface area contributed by atoms with E-state index < -0.39 is 0 Å². The van der Waals surface area contributed by atoms with E-state index in [0.717, 1.165) is 0 Å². The number of amides is 1. The van der Waals surface area contributed by atoms with Crippen molar-refractivity contribution >= 4 is 34.6 Å². The molecule has 1 N–H and O–H groups in total. The van der Waals surface area contributed by atoms with Gasteiger partial charge in [0.2, 0.25) is 5.91 Å². The minimum atomic E-state index is -0.363. The van der Waals surface area contributed by atoms with Gasteiger partial charge in [0.1, 0.15) is 11.4 Å². The molecule has 3 rings (SSSR count). The predicted octanol–water partition coefficient (Wildman–Crippen LogP) is 3.41.